The van der Waals surface area contributed by atoms with Gasteiger partial charge in [0.25, 0.3) is 5.78 Å². The number of nitrogens with one attached hydrogen (secondary N) is 1. The molecule has 1 fully saturated rings. The maximum atomic E-state index is 4.48. The first-order valence-corrected chi connectivity index (χ1v) is 8.76. The predicted octanol–water partition coefficient (Wildman–Crippen LogP) is 2.21. The number of rotatable bonds is 4. The summed E-state index contributed by atoms with van der Waals surface area (Å²) in [6.45, 7) is 7.16. The molecule has 1 N–H and O–H groups in total. The van der Waals surface area contributed by atoms with Crippen LogP contribution in [0.3, 0.4) is 0 Å². The number of pyridine rings is 1. The number of likely N-dealkylation sites (tertiary alicyclic amines) is 1. The van der Waals surface area contributed by atoms with Gasteiger partial charge >= 0.3 is 0 Å². The summed E-state index contributed by atoms with van der Waals surface area (Å²) >= 11 is 0. The minimum atomic E-state index is 0.438. The van der Waals surface area contributed by atoms with E-state index in [0.29, 0.717) is 11.8 Å². The lowest BCUT2D eigenvalue weighted by Crippen LogP contribution is -2.39. The fraction of sp³-hybridized carbons (Fsp3) is 0.444. The Balaban J connectivity index is 1.42. The summed E-state index contributed by atoms with van der Waals surface area (Å²) in [5, 5.41) is 8.00. The second-order valence-corrected chi connectivity index (χ2v) is 6.66. The number of nitrogens with zero attached hydrogens (tertiary/aromatic N) is 6. The van der Waals surface area contributed by atoms with Gasteiger partial charge in [-0.2, -0.15) is 14.6 Å². The third-order valence-electron chi connectivity index (χ3n) is 4.95. The summed E-state index contributed by atoms with van der Waals surface area (Å²) in [5.41, 5.74) is 3.27. The van der Waals surface area contributed by atoms with Crippen LogP contribution in [-0.2, 0) is 6.54 Å². The first-order chi connectivity index (χ1) is 12.2. The summed E-state index contributed by atoms with van der Waals surface area (Å²) in [4.78, 5) is 15.6. The van der Waals surface area contributed by atoms with Crippen molar-refractivity contribution in [3.8, 4) is 0 Å². The highest BCUT2D eigenvalue weighted by Gasteiger charge is 2.21. The van der Waals surface area contributed by atoms with Gasteiger partial charge in [-0.15, -0.1) is 0 Å². The van der Waals surface area contributed by atoms with E-state index < -0.39 is 0 Å². The lowest BCUT2D eigenvalue weighted by molar-refractivity contribution is 0.209. The van der Waals surface area contributed by atoms with Crippen LogP contribution in [0.5, 0.6) is 0 Å². The molecule has 1 aliphatic heterocycles. The van der Waals surface area contributed by atoms with Crippen molar-refractivity contribution in [1.29, 1.82) is 0 Å². The van der Waals surface area contributed by atoms with Crippen molar-refractivity contribution in [2.75, 3.05) is 18.4 Å². The molecular weight excluding hydrogens is 314 g/mol. The smallest absolute Gasteiger partial charge is 0.254 e. The highest BCUT2D eigenvalue weighted by molar-refractivity contribution is 5.52. The van der Waals surface area contributed by atoms with Crippen LogP contribution in [0, 0.1) is 13.8 Å². The molecule has 0 atom stereocenters. The van der Waals surface area contributed by atoms with Gasteiger partial charge in [-0.05, 0) is 38.8 Å². The molecule has 0 aromatic carbocycles. The van der Waals surface area contributed by atoms with Crippen molar-refractivity contribution in [2.24, 2.45) is 0 Å². The molecule has 1 aliphatic rings. The lowest BCUT2D eigenvalue weighted by atomic mass is 10.0. The van der Waals surface area contributed by atoms with Crippen LogP contribution in [0.1, 0.15) is 29.8 Å². The Morgan fingerprint density at radius 2 is 2.00 bits per heavy atom. The topological polar surface area (TPSA) is 71.2 Å². The highest BCUT2D eigenvalue weighted by Crippen LogP contribution is 2.22. The molecule has 0 saturated carbocycles. The molecule has 25 heavy (non-hydrogen) atoms. The van der Waals surface area contributed by atoms with Gasteiger partial charge in [0.2, 0.25) is 0 Å². The predicted molar refractivity (Wildman–Crippen MR) is 96.4 cm³/mol. The van der Waals surface area contributed by atoms with E-state index in [0.717, 1.165) is 55.2 Å². The number of piperidine rings is 1. The van der Waals surface area contributed by atoms with Crippen LogP contribution in [0.4, 0.5) is 5.82 Å². The average molecular weight is 337 g/mol. The van der Waals surface area contributed by atoms with E-state index >= 15 is 0 Å². The molecule has 0 bridgehead atoms. The molecule has 4 rings (SSSR count). The van der Waals surface area contributed by atoms with E-state index in [1.165, 1.54) is 0 Å². The first kappa shape index (κ1) is 16.0. The quantitative estimate of drug-likeness (QED) is 0.787. The van der Waals surface area contributed by atoms with Crippen LogP contribution >= 0.6 is 0 Å². The Morgan fingerprint density at radius 1 is 1.16 bits per heavy atom. The molecule has 7 nitrogen and oxygen atoms in total. The number of aryl methyl sites for hydroxylation is 1. The normalized spacial score (nSPS) is 16.4. The van der Waals surface area contributed by atoms with E-state index in [9.17, 15) is 0 Å². The number of hydrogen-bond acceptors (Lipinski definition) is 6. The SMILES string of the molecule is Cc1nc2ncnn2c(NC2CCN(Cc3ccccn3)CC2)c1C. The van der Waals surface area contributed by atoms with Crippen molar-refractivity contribution in [1.82, 2.24) is 29.5 Å². The van der Waals surface area contributed by atoms with Gasteiger partial charge in [0.1, 0.15) is 12.1 Å². The molecule has 0 radical (unpaired) electrons. The molecule has 7 heteroatoms. The van der Waals surface area contributed by atoms with Crippen molar-refractivity contribution >= 4 is 11.6 Å². The zero-order valence-corrected chi connectivity index (χ0v) is 14.7. The second kappa shape index (κ2) is 6.76. The molecule has 4 heterocycles. The second-order valence-electron chi connectivity index (χ2n) is 6.66. The van der Waals surface area contributed by atoms with Crippen LogP contribution in [0.2, 0.25) is 0 Å². The number of fused-ring (bicyclic) bond motifs is 1. The van der Waals surface area contributed by atoms with Gasteiger partial charge in [-0.3, -0.25) is 9.88 Å². The van der Waals surface area contributed by atoms with Crippen LogP contribution in [0.15, 0.2) is 30.7 Å². The molecule has 3 aromatic heterocycles. The minimum absolute atomic E-state index is 0.438. The van der Waals surface area contributed by atoms with Gasteiger partial charge in [0.15, 0.2) is 0 Å². The van der Waals surface area contributed by atoms with Crippen molar-refractivity contribution in [2.45, 2.75) is 39.3 Å². The van der Waals surface area contributed by atoms with E-state index in [1.807, 2.05) is 23.7 Å². The average Bonchev–Trinajstić information content (AvgIpc) is 3.09. The fourth-order valence-electron chi connectivity index (χ4n) is 3.35. The maximum Gasteiger partial charge on any atom is 0.254 e. The van der Waals surface area contributed by atoms with E-state index in [2.05, 4.69) is 49.3 Å². The molecule has 130 valence electrons. The Morgan fingerprint density at radius 3 is 2.76 bits per heavy atom. The monoisotopic (exact) mass is 337 g/mol. The van der Waals surface area contributed by atoms with E-state index in [1.54, 1.807) is 6.33 Å². The molecule has 1 saturated heterocycles. The summed E-state index contributed by atoms with van der Waals surface area (Å²) in [7, 11) is 0. The van der Waals surface area contributed by atoms with Crippen molar-refractivity contribution < 1.29 is 0 Å². The van der Waals surface area contributed by atoms with E-state index in [-0.39, 0.29) is 0 Å². The third-order valence-corrected chi connectivity index (χ3v) is 4.95. The van der Waals surface area contributed by atoms with Crippen LogP contribution < -0.4 is 5.32 Å². The molecule has 0 amide bonds. The molecule has 0 spiro atoms. The Hall–Kier alpha value is -2.54. The zero-order chi connectivity index (χ0) is 17.2. The molecule has 3 aromatic rings. The fourth-order valence-corrected chi connectivity index (χ4v) is 3.35. The Labute approximate surface area is 147 Å². The van der Waals surface area contributed by atoms with Crippen molar-refractivity contribution in [3.05, 3.63) is 47.7 Å². The number of hydrogen-bond donors (Lipinski definition) is 1. The van der Waals surface area contributed by atoms with Gasteiger partial charge in [-0.1, -0.05) is 6.07 Å². The highest BCUT2D eigenvalue weighted by atomic mass is 15.4. The zero-order valence-electron chi connectivity index (χ0n) is 14.7. The largest absolute Gasteiger partial charge is 0.367 e. The molecule has 0 aliphatic carbocycles. The summed E-state index contributed by atoms with van der Waals surface area (Å²) in [6, 6.07) is 6.54. The maximum absolute atomic E-state index is 4.48. The van der Waals surface area contributed by atoms with E-state index in [4.69, 9.17) is 0 Å². The summed E-state index contributed by atoms with van der Waals surface area (Å²) < 4.78 is 1.81. The Bertz CT molecular complexity index is 850. The van der Waals surface area contributed by atoms with Crippen LogP contribution in [0.25, 0.3) is 5.78 Å². The molecule has 0 unspecified atom stereocenters. The third kappa shape index (κ3) is 3.32. The first-order valence-electron chi connectivity index (χ1n) is 8.76. The lowest BCUT2D eigenvalue weighted by Gasteiger charge is -2.33. The number of anilines is 1. The number of aromatic nitrogens is 5. The Kier molecular flexibility index (Phi) is 4.31. The van der Waals surface area contributed by atoms with Crippen molar-refractivity contribution in [3.63, 3.8) is 0 Å². The van der Waals surface area contributed by atoms with Gasteiger partial charge < -0.3 is 5.32 Å². The van der Waals surface area contributed by atoms with Crippen LogP contribution in [-0.4, -0.2) is 48.6 Å². The van der Waals surface area contributed by atoms with Gasteiger partial charge in [0, 0.05) is 43.1 Å². The van der Waals surface area contributed by atoms with Gasteiger partial charge in [-0.25, -0.2) is 4.98 Å². The summed E-state index contributed by atoms with van der Waals surface area (Å²) in [5.74, 6) is 1.67. The minimum Gasteiger partial charge on any atom is -0.367 e. The van der Waals surface area contributed by atoms with Gasteiger partial charge in [0.05, 0.1) is 5.69 Å². The standard InChI is InChI=1S/C18H23N7/c1-13-14(2)22-18-20-12-21-25(18)17(13)23-15-6-9-24(10-7-15)11-16-5-3-4-8-19-16/h3-5,8,12,15,23H,6-7,9-11H2,1-2H3. The summed E-state index contributed by atoms with van der Waals surface area (Å²) in [6.07, 6.45) is 5.62. The molecular formula is C18H23N7.